The SMILES string of the molecule is N#Cc1ccc(-c2ccc(C#N)c(-n3c4ccccc4c4c3ccc3c5ccccc5n(-c5ccccc5)c34)c2)cc1. The van der Waals surface area contributed by atoms with Crippen LogP contribution in [0.5, 0.6) is 0 Å². The van der Waals surface area contributed by atoms with Crippen molar-refractivity contribution in [1.82, 2.24) is 9.13 Å². The molecule has 8 aromatic rings. The molecular weight excluding hydrogens is 512 g/mol. The molecule has 0 spiro atoms. The molecule has 0 unspecified atom stereocenters. The van der Waals surface area contributed by atoms with Gasteiger partial charge in [0, 0.05) is 27.2 Å². The summed E-state index contributed by atoms with van der Waals surface area (Å²) in [7, 11) is 0. The fraction of sp³-hybridized carbons (Fsp3) is 0. The smallest absolute Gasteiger partial charge is 0.101 e. The van der Waals surface area contributed by atoms with E-state index < -0.39 is 0 Å². The zero-order chi connectivity index (χ0) is 28.2. The highest BCUT2D eigenvalue weighted by Crippen LogP contribution is 2.42. The van der Waals surface area contributed by atoms with E-state index in [0.29, 0.717) is 11.1 Å². The van der Waals surface area contributed by atoms with Gasteiger partial charge in [-0.15, -0.1) is 0 Å². The van der Waals surface area contributed by atoms with Crippen LogP contribution in [0.15, 0.2) is 133 Å². The van der Waals surface area contributed by atoms with Crippen molar-refractivity contribution in [2.24, 2.45) is 0 Å². The van der Waals surface area contributed by atoms with E-state index in [2.05, 4.69) is 112 Å². The normalized spacial score (nSPS) is 11.3. The first-order chi connectivity index (χ1) is 20.8. The van der Waals surface area contributed by atoms with Gasteiger partial charge in [-0.1, -0.05) is 78.9 Å². The summed E-state index contributed by atoms with van der Waals surface area (Å²) in [5, 5.41) is 24.2. The van der Waals surface area contributed by atoms with Gasteiger partial charge in [0.1, 0.15) is 6.07 Å². The fourth-order valence-electron chi connectivity index (χ4n) is 6.34. The molecule has 0 atom stereocenters. The van der Waals surface area contributed by atoms with Crippen LogP contribution < -0.4 is 0 Å². The van der Waals surface area contributed by atoms with Crippen molar-refractivity contribution in [3.8, 4) is 34.6 Å². The van der Waals surface area contributed by atoms with Crippen LogP contribution in [0.3, 0.4) is 0 Å². The van der Waals surface area contributed by atoms with E-state index in [4.69, 9.17) is 0 Å². The summed E-state index contributed by atoms with van der Waals surface area (Å²) in [4.78, 5) is 0. The quantitative estimate of drug-likeness (QED) is 0.227. The van der Waals surface area contributed by atoms with Gasteiger partial charge in [0.15, 0.2) is 0 Å². The van der Waals surface area contributed by atoms with Crippen molar-refractivity contribution >= 4 is 43.6 Å². The number of nitrogens with zero attached hydrogens (tertiary/aromatic N) is 4. The van der Waals surface area contributed by atoms with Gasteiger partial charge in [0.2, 0.25) is 0 Å². The Kier molecular flexibility index (Phi) is 5.22. The second kappa shape index (κ2) is 9.24. The third-order valence-electron chi connectivity index (χ3n) is 8.19. The first kappa shape index (κ1) is 23.8. The summed E-state index contributed by atoms with van der Waals surface area (Å²) in [6.45, 7) is 0. The van der Waals surface area contributed by atoms with E-state index >= 15 is 0 Å². The Hall–Kier alpha value is -6.10. The minimum atomic E-state index is 0.596. The number of fused-ring (bicyclic) bond motifs is 7. The Bertz CT molecular complexity index is 2410. The fourth-order valence-corrected chi connectivity index (χ4v) is 6.34. The van der Waals surface area contributed by atoms with Crippen molar-refractivity contribution in [2.75, 3.05) is 0 Å². The van der Waals surface area contributed by atoms with Crippen LogP contribution in [0.4, 0.5) is 0 Å². The molecule has 4 nitrogen and oxygen atoms in total. The molecule has 0 amide bonds. The molecule has 0 saturated carbocycles. The molecule has 8 rings (SSSR count). The number of rotatable bonds is 3. The number of hydrogen-bond acceptors (Lipinski definition) is 2. The van der Waals surface area contributed by atoms with Gasteiger partial charge in [0.05, 0.1) is 45.0 Å². The molecule has 0 N–H and O–H groups in total. The Labute approximate surface area is 242 Å². The highest BCUT2D eigenvalue weighted by Gasteiger charge is 2.21. The molecule has 0 aliphatic heterocycles. The molecule has 2 heterocycles. The third-order valence-corrected chi connectivity index (χ3v) is 8.19. The largest absolute Gasteiger partial charge is 0.309 e. The van der Waals surface area contributed by atoms with Gasteiger partial charge >= 0.3 is 0 Å². The molecule has 4 heteroatoms. The van der Waals surface area contributed by atoms with Gasteiger partial charge < -0.3 is 9.13 Å². The minimum absolute atomic E-state index is 0.596. The number of para-hydroxylation sites is 3. The zero-order valence-corrected chi connectivity index (χ0v) is 22.5. The molecule has 0 fully saturated rings. The van der Waals surface area contributed by atoms with Gasteiger partial charge in [-0.3, -0.25) is 0 Å². The average molecular weight is 535 g/mol. The Balaban J connectivity index is 1.51. The van der Waals surface area contributed by atoms with Gasteiger partial charge in [-0.05, 0) is 65.7 Å². The van der Waals surface area contributed by atoms with Crippen molar-refractivity contribution in [3.05, 3.63) is 145 Å². The van der Waals surface area contributed by atoms with Crippen molar-refractivity contribution in [2.45, 2.75) is 0 Å². The Morgan fingerprint density at radius 1 is 0.476 bits per heavy atom. The number of hydrogen-bond donors (Lipinski definition) is 0. The van der Waals surface area contributed by atoms with E-state index in [1.807, 2.05) is 42.5 Å². The second-order valence-electron chi connectivity index (χ2n) is 10.4. The van der Waals surface area contributed by atoms with Crippen LogP contribution in [0.1, 0.15) is 11.1 Å². The van der Waals surface area contributed by atoms with E-state index in [0.717, 1.165) is 55.3 Å². The Morgan fingerprint density at radius 2 is 1.14 bits per heavy atom. The van der Waals surface area contributed by atoms with Crippen LogP contribution in [0, 0.1) is 22.7 Å². The highest BCUT2D eigenvalue weighted by atomic mass is 15.0. The number of aromatic nitrogens is 2. The van der Waals surface area contributed by atoms with Crippen LogP contribution in [0.2, 0.25) is 0 Å². The lowest BCUT2D eigenvalue weighted by molar-refractivity contribution is 1.16. The summed E-state index contributed by atoms with van der Waals surface area (Å²) < 4.78 is 4.59. The number of nitriles is 2. The van der Waals surface area contributed by atoms with Gasteiger partial charge in [-0.2, -0.15) is 10.5 Å². The maximum absolute atomic E-state index is 10.2. The van der Waals surface area contributed by atoms with Crippen LogP contribution in [-0.2, 0) is 0 Å². The topological polar surface area (TPSA) is 57.4 Å². The molecule has 0 bridgehead atoms. The molecule has 42 heavy (non-hydrogen) atoms. The molecule has 194 valence electrons. The van der Waals surface area contributed by atoms with E-state index in [1.165, 1.54) is 10.8 Å². The maximum atomic E-state index is 10.2. The Morgan fingerprint density at radius 3 is 1.88 bits per heavy atom. The summed E-state index contributed by atoms with van der Waals surface area (Å²) >= 11 is 0. The molecule has 6 aromatic carbocycles. The lowest BCUT2D eigenvalue weighted by atomic mass is 10.0. The lowest BCUT2D eigenvalue weighted by Crippen LogP contribution is -1.98. The summed E-state index contributed by atoms with van der Waals surface area (Å²) in [5.74, 6) is 0. The second-order valence-corrected chi connectivity index (χ2v) is 10.4. The molecule has 0 saturated heterocycles. The summed E-state index contributed by atoms with van der Waals surface area (Å²) in [6, 6.07) is 50.1. The minimum Gasteiger partial charge on any atom is -0.309 e. The van der Waals surface area contributed by atoms with E-state index in [1.54, 1.807) is 0 Å². The van der Waals surface area contributed by atoms with Crippen molar-refractivity contribution in [3.63, 3.8) is 0 Å². The van der Waals surface area contributed by atoms with Crippen molar-refractivity contribution in [1.29, 1.82) is 10.5 Å². The van der Waals surface area contributed by atoms with Crippen LogP contribution in [0.25, 0.3) is 66.1 Å². The predicted molar refractivity (Wildman–Crippen MR) is 170 cm³/mol. The lowest BCUT2D eigenvalue weighted by Gasteiger charge is -2.13. The zero-order valence-electron chi connectivity index (χ0n) is 22.5. The first-order valence-corrected chi connectivity index (χ1v) is 13.8. The van der Waals surface area contributed by atoms with E-state index in [9.17, 15) is 10.5 Å². The molecule has 0 aliphatic carbocycles. The molecule has 0 aliphatic rings. The van der Waals surface area contributed by atoms with Crippen molar-refractivity contribution < 1.29 is 0 Å². The van der Waals surface area contributed by atoms with Gasteiger partial charge in [-0.25, -0.2) is 0 Å². The standard InChI is InChI=1S/C38H22N4/c39-23-25-14-16-26(17-15-25)27-18-19-28(24-40)36(22-27)42-34-13-7-5-11-32(34)37-35(42)21-20-31-30-10-4-6-12-33(30)41(38(31)37)29-8-2-1-3-9-29/h1-22H. The van der Waals surface area contributed by atoms with Crippen LogP contribution in [-0.4, -0.2) is 9.13 Å². The highest BCUT2D eigenvalue weighted by molar-refractivity contribution is 6.26. The first-order valence-electron chi connectivity index (χ1n) is 13.8. The number of benzene rings is 6. The van der Waals surface area contributed by atoms with Crippen LogP contribution >= 0.6 is 0 Å². The monoisotopic (exact) mass is 534 g/mol. The average Bonchev–Trinajstić information content (AvgIpc) is 3.58. The molecular formula is C38H22N4. The molecule has 0 radical (unpaired) electrons. The summed E-state index contributed by atoms with van der Waals surface area (Å²) in [6.07, 6.45) is 0. The third kappa shape index (κ3) is 3.40. The molecule has 2 aromatic heterocycles. The maximum Gasteiger partial charge on any atom is 0.101 e. The van der Waals surface area contributed by atoms with E-state index in [-0.39, 0.29) is 0 Å². The predicted octanol–water partition coefficient (Wildman–Crippen LogP) is 9.29. The van der Waals surface area contributed by atoms with Gasteiger partial charge in [0.25, 0.3) is 0 Å². The summed E-state index contributed by atoms with van der Waals surface area (Å²) in [5.41, 5.74) is 9.51.